The number of esters is 1. The Hall–Kier alpha value is -1.89. The lowest BCUT2D eigenvalue weighted by atomic mass is 10.0. The Labute approximate surface area is 139 Å². The van der Waals surface area contributed by atoms with E-state index in [-0.39, 0.29) is 5.97 Å². The Bertz CT molecular complexity index is 679. The Morgan fingerprint density at radius 2 is 2.00 bits per heavy atom. The van der Waals surface area contributed by atoms with E-state index in [2.05, 4.69) is 4.90 Å². The summed E-state index contributed by atoms with van der Waals surface area (Å²) in [7, 11) is 1.38. The monoisotopic (exact) mass is 332 g/mol. The number of carbonyl (C=O) groups is 1. The van der Waals surface area contributed by atoms with E-state index >= 15 is 0 Å². The standard InChI is InChI=1S/C17H20N2O3S/c1-21-17(20)15-14(12-5-3-2-4-6-12)13(23-16(15)18)11-19-7-9-22-10-8-19/h2-6H,7-11,18H2,1H3. The van der Waals surface area contributed by atoms with Gasteiger partial charge in [0.25, 0.3) is 0 Å². The highest BCUT2D eigenvalue weighted by atomic mass is 32.1. The number of benzene rings is 1. The summed E-state index contributed by atoms with van der Waals surface area (Å²) in [4.78, 5) is 15.6. The van der Waals surface area contributed by atoms with Crippen molar-refractivity contribution in [3.63, 3.8) is 0 Å². The van der Waals surface area contributed by atoms with E-state index in [1.54, 1.807) is 0 Å². The third-order valence-corrected chi connectivity index (χ3v) is 4.93. The van der Waals surface area contributed by atoms with Gasteiger partial charge in [-0.3, -0.25) is 4.90 Å². The minimum absolute atomic E-state index is 0.383. The summed E-state index contributed by atoms with van der Waals surface area (Å²) in [5.41, 5.74) is 8.50. The van der Waals surface area contributed by atoms with Gasteiger partial charge in [-0.15, -0.1) is 11.3 Å². The predicted molar refractivity (Wildman–Crippen MR) is 91.6 cm³/mol. The average Bonchev–Trinajstić information content (AvgIpc) is 2.91. The molecule has 6 heteroatoms. The summed E-state index contributed by atoms with van der Waals surface area (Å²) in [5, 5.41) is 0.513. The van der Waals surface area contributed by atoms with Crippen molar-refractivity contribution in [2.45, 2.75) is 6.54 Å². The number of hydrogen-bond donors (Lipinski definition) is 1. The molecule has 0 amide bonds. The lowest BCUT2D eigenvalue weighted by molar-refractivity contribution is 0.0346. The van der Waals surface area contributed by atoms with Gasteiger partial charge in [0.2, 0.25) is 0 Å². The molecule has 0 aliphatic carbocycles. The van der Waals surface area contributed by atoms with Crippen molar-refractivity contribution >= 4 is 22.3 Å². The van der Waals surface area contributed by atoms with Gasteiger partial charge in [0, 0.05) is 30.1 Å². The first-order valence-corrected chi connectivity index (χ1v) is 8.37. The molecule has 1 aliphatic heterocycles. The number of thiophene rings is 1. The molecule has 0 unspecified atom stereocenters. The molecule has 2 N–H and O–H groups in total. The second-order valence-corrected chi connectivity index (χ2v) is 6.52. The Balaban J connectivity index is 2.02. The van der Waals surface area contributed by atoms with Gasteiger partial charge in [0.05, 0.1) is 20.3 Å². The summed E-state index contributed by atoms with van der Waals surface area (Å²) in [6, 6.07) is 9.87. The van der Waals surface area contributed by atoms with Gasteiger partial charge in [-0.2, -0.15) is 0 Å². The number of nitrogens with two attached hydrogens (primary N) is 1. The van der Waals surface area contributed by atoms with E-state index in [0.29, 0.717) is 10.6 Å². The van der Waals surface area contributed by atoms with Crippen molar-refractivity contribution in [1.82, 2.24) is 4.90 Å². The summed E-state index contributed by atoms with van der Waals surface area (Å²) in [6.07, 6.45) is 0. The number of nitrogen functional groups attached to an aromatic ring is 1. The molecule has 3 rings (SSSR count). The van der Waals surface area contributed by atoms with Gasteiger partial charge in [0.15, 0.2) is 0 Å². The van der Waals surface area contributed by atoms with Crippen LogP contribution in [0.2, 0.25) is 0 Å². The van der Waals surface area contributed by atoms with Gasteiger partial charge < -0.3 is 15.2 Å². The molecule has 0 spiro atoms. The van der Waals surface area contributed by atoms with E-state index in [1.165, 1.54) is 18.4 Å². The molecular formula is C17H20N2O3S. The van der Waals surface area contributed by atoms with Gasteiger partial charge in [-0.1, -0.05) is 30.3 Å². The predicted octanol–water partition coefficient (Wildman–Crippen LogP) is 2.62. The van der Waals surface area contributed by atoms with Crippen molar-refractivity contribution in [2.24, 2.45) is 0 Å². The smallest absolute Gasteiger partial charge is 0.341 e. The van der Waals surface area contributed by atoms with Crippen molar-refractivity contribution in [1.29, 1.82) is 0 Å². The number of hydrogen-bond acceptors (Lipinski definition) is 6. The first-order valence-electron chi connectivity index (χ1n) is 7.55. The molecule has 122 valence electrons. The number of methoxy groups -OCH3 is 1. The first kappa shape index (κ1) is 16.0. The van der Waals surface area contributed by atoms with Gasteiger partial charge in [-0.25, -0.2) is 4.79 Å². The van der Waals surface area contributed by atoms with Crippen LogP contribution in [-0.2, 0) is 16.0 Å². The Morgan fingerprint density at radius 3 is 2.65 bits per heavy atom. The molecule has 2 aromatic rings. The number of carbonyl (C=O) groups excluding carboxylic acids is 1. The van der Waals surface area contributed by atoms with Gasteiger partial charge >= 0.3 is 5.97 Å². The zero-order chi connectivity index (χ0) is 16.2. The van der Waals surface area contributed by atoms with Crippen molar-refractivity contribution < 1.29 is 14.3 Å². The summed E-state index contributed by atoms with van der Waals surface area (Å²) >= 11 is 1.47. The van der Waals surface area contributed by atoms with Crippen LogP contribution >= 0.6 is 11.3 Å². The van der Waals surface area contributed by atoms with E-state index in [1.807, 2.05) is 30.3 Å². The van der Waals surface area contributed by atoms with Crippen molar-refractivity contribution in [3.05, 3.63) is 40.8 Å². The van der Waals surface area contributed by atoms with Gasteiger partial charge in [-0.05, 0) is 5.56 Å². The fourth-order valence-electron chi connectivity index (χ4n) is 2.79. The van der Waals surface area contributed by atoms with E-state index < -0.39 is 0 Å². The normalized spacial score (nSPS) is 15.5. The second-order valence-electron chi connectivity index (χ2n) is 5.39. The molecule has 0 radical (unpaired) electrons. The molecular weight excluding hydrogens is 312 g/mol. The average molecular weight is 332 g/mol. The summed E-state index contributed by atoms with van der Waals surface area (Å²) in [6.45, 7) is 4.02. The van der Waals surface area contributed by atoms with Crippen LogP contribution in [0.15, 0.2) is 30.3 Å². The second kappa shape index (κ2) is 7.12. The molecule has 1 aliphatic rings. The third kappa shape index (κ3) is 3.39. The molecule has 0 bridgehead atoms. The molecule has 2 heterocycles. The quantitative estimate of drug-likeness (QED) is 0.872. The molecule has 1 saturated heterocycles. The Morgan fingerprint density at radius 1 is 1.30 bits per heavy atom. The summed E-state index contributed by atoms with van der Waals surface area (Å²) < 4.78 is 10.3. The summed E-state index contributed by atoms with van der Waals surface area (Å²) in [5.74, 6) is -0.383. The highest BCUT2D eigenvalue weighted by molar-refractivity contribution is 7.17. The zero-order valence-corrected chi connectivity index (χ0v) is 13.9. The van der Waals surface area contributed by atoms with E-state index in [4.69, 9.17) is 15.2 Å². The van der Waals surface area contributed by atoms with Crippen LogP contribution in [0.1, 0.15) is 15.2 Å². The topological polar surface area (TPSA) is 64.8 Å². The fraction of sp³-hybridized carbons (Fsp3) is 0.353. The van der Waals surface area contributed by atoms with Crippen LogP contribution in [0.25, 0.3) is 11.1 Å². The highest BCUT2D eigenvalue weighted by Gasteiger charge is 2.25. The largest absolute Gasteiger partial charge is 0.465 e. The maximum absolute atomic E-state index is 12.2. The van der Waals surface area contributed by atoms with Crippen molar-refractivity contribution in [2.75, 3.05) is 39.1 Å². The van der Waals surface area contributed by atoms with Crippen LogP contribution < -0.4 is 5.73 Å². The minimum atomic E-state index is -0.383. The number of morpholine rings is 1. The number of nitrogens with zero attached hydrogens (tertiary/aromatic N) is 1. The van der Waals surface area contributed by atoms with Crippen LogP contribution in [0, 0.1) is 0 Å². The maximum Gasteiger partial charge on any atom is 0.341 e. The van der Waals surface area contributed by atoms with E-state index in [9.17, 15) is 4.79 Å². The molecule has 23 heavy (non-hydrogen) atoms. The lowest BCUT2D eigenvalue weighted by Gasteiger charge is -2.26. The molecule has 0 atom stereocenters. The molecule has 1 fully saturated rings. The molecule has 1 aromatic heterocycles. The third-order valence-electron chi connectivity index (χ3n) is 3.93. The fourth-order valence-corrected chi connectivity index (χ4v) is 3.91. The zero-order valence-electron chi connectivity index (χ0n) is 13.1. The van der Waals surface area contributed by atoms with Gasteiger partial charge in [0.1, 0.15) is 10.6 Å². The van der Waals surface area contributed by atoms with Crippen molar-refractivity contribution in [3.8, 4) is 11.1 Å². The first-order chi connectivity index (χ1) is 11.2. The number of rotatable bonds is 4. The number of anilines is 1. The Kier molecular flexibility index (Phi) is 4.95. The highest BCUT2D eigenvalue weighted by Crippen LogP contribution is 2.39. The van der Waals surface area contributed by atoms with E-state index in [0.717, 1.165) is 48.9 Å². The molecule has 0 saturated carbocycles. The SMILES string of the molecule is COC(=O)c1c(N)sc(CN2CCOCC2)c1-c1ccccc1. The minimum Gasteiger partial charge on any atom is -0.465 e. The lowest BCUT2D eigenvalue weighted by Crippen LogP contribution is -2.35. The van der Waals surface area contributed by atoms with Crippen LogP contribution in [0.4, 0.5) is 5.00 Å². The van der Waals surface area contributed by atoms with Crippen LogP contribution in [-0.4, -0.2) is 44.3 Å². The maximum atomic E-state index is 12.2. The number of ether oxygens (including phenoxy) is 2. The molecule has 1 aromatic carbocycles. The van der Waals surface area contributed by atoms with Crippen LogP contribution in [0.3, 0.4) is 0 Å². The molecule has 5 nitrogen and oxygen atoms in total. The van der Waals surface area contributed by atoms with Crippen LogP contribution in [0.5, 0.6) is 0 Å².